The van der Waals surface area contributed by atoms with Gasteiger partial charge in [-0.2, -0.15) is 5.10 Å². The maximum Gasteiger partial charge on any atom is 0.241 e. The minimum Gasteiger partial charge on any atom is -0.497 e. The van der Waals surface area contributed by atoms with E-state index in [1.54, 1.807) is 18.0 Å². The van der Waals surface area contributed by atoms with Gasteiger partial charge >= 0.3 is 0 Å². The Labute approximate surface area is 178 Å². The van der Waals surface area contributed by atoms with E-state index in [-0.39, 0.29) is 12.5 Å². The van der Waals surface area contributed by atoms with Gasteiger partial charge in [-0.1, -0.05) is 25.7 Å². The largest absolute Gasteiger partial charge is 0.497 e. The molecule has 4 rings (SSSR count). The van der Waals surface area contributed by atoms with Gasteiger partial charge in [0.2, 0.25) is 5.91 Å². The molecule has 1 aliphatic carbocycles. The summed E-state index contributed by atoms with van der Waals surface area (Å²) in [7, 11) is 1.64. The van der Waals surface area contributed by atoms with Crippen LogP contribution < -0.4 is 20.1 Å². The van der Waals surface area contributed by atoms with Gasteiger partial charge in [0, 0.05) is 24.2 Å². The van der Waals surface area contributed by atoms with Gasteiger partial charge in [-0.25, -0.2) is 0 Å². The first-order chi connectivity index (χ1) is 14.7. The van der Waals surface area contributed by atoms with E-state index in [4.69, 9.17) is 9.47 Å². The molecule has 30 heavy (non-hydrogen) atoms. The van der Waals surface area contributed by atoms with E-state index in [0.717, 1.165) is 47.3 Å². The number of nitrogens with one attached hydrogen (secondary N) is 2. The zero-order valence-electron chi connectivity index (χ0n) is 17.8. The first kappa shape index (κ1) is 20.7. The van der Waals surface area contributed by atoms with Crippen LogP contribution in [0.15, 0.2) is 24.4 Å². The molecule has 1 aromatic heterocycles. The molecule has 2 aromatic rings. The average molecular weight is 413 g/mol. The first-order valence-corrected chi connectivity index (χ1v) is 11.1. The number of rotatable bonds is 8. The highest BCUT2D eigenvalue weighted by molar-refractivity contribution is 5.78. The lowest BCUT2D eigenvalue weighted by Crippen LogP contribution is -2.35. The second-order valence-electron chi connectivity index (χ2n) is 8.24. The van der Waals surface area contributed by atoms with E-state index in [1.807, 2.05) is 18.2 Å². The third-order valence-electron chi connectivity index (χ3n) is 6.07. The predicted octanol–water partition coefficient (Wildman–Crippen LogP) is 3.13. The topological polar surface area (TPSA) is 77.4 Å². The summed E-state index contributed by atoms with van der Waals surface area (Å²) in [6.45, 7) is 3.13. The first-order valence-electron chi connectivity index (χ1n) is 11.1. The van der Waals surface area contributed by atoms with Crippen molar-refractivity contribution in [3.8, 4) is 22.8 Å². The van der Waals surface area contributed by atoms with Gasteiger partial charge in [-0.15, -0.1) is 0 Å². The van der Waals surface area contributed by atoms with Crippen LogP contribution in [0.5, 0.6) is 11.5 Å². The van der Waals surface area contributed by atoms with E-state index in [9.17, 15) is 4.79 Å². The van der Waals surface area contributed by atoms with Crippen LogP contribution in [0.4, 0.5) is 0 Å². The molecule has 1 aromatic carbocycles. The fourth-order valence-corrected chi connectivity index (χ4v) is 4.42. The Morgan fingerprint density at radius 1 is 1.23 bits per heavy atom. The van der Waals surface area contributed by atoms with Crippen LogP contribution in [0.2, 0.25) is 0 Å². The molecule has 0 atom stereocenters. The summed E-state index contributed by atoms with van der Waals surface area (Å²) in [4.78, 5) is 12.5. The van der Waals surface area contributed by atoms with Crippen molar-refractivity contribution in [1.82, 2.24) is 20.4 Å². The molecular formula is C23H32N4O3. The molecule has 0 radical (unpaired) electrons. The van der Waals surface area contributed by atoms with Gasteiger partial charge in [-0.05, 0) is 43.5 Å². The Kier molecular flexibility index (Phi) is 6.89. The molecule has 0 bridgehead atoms. The maximum atomic E-state index is 12.5. The van der Waals surface area contributed by atoms with Crippen molar-refractivity contribution in [2.24, 2.45) is 5.92 Å². The molecule has 1 aliphatic heterocycles. The summed E-state index contributed by atoms with van der Waals surface area (Å²) in [5, 5.41) is 10.9. The van der Waals surface area contributed by atoms with Crippen molar-refractivity contribution in [3.05, 3.63) is 30.0 Å². The van der Waals surface area contributed by atoms with Crippen LogP contribution in [0, 0.1) is 5.92 Å². The molecular weight excluding hydrogens is 380 g/mol. The maximum absolute atomic E-state index is 12.5. The number of hydrogen-bond acceptors (Lipinski definition) is 5. The molecule has 7 heteroatoms. The zero-order valence-corrected chi connectivity index (χ0v) is 17.8. The van der Waals surface area contributed by atoms with E-state index in [2.05, 4.69) is 15.7 Å². The SMILES string of the molecule is COc1ccc2c(c1)-c1c(cnn1CC(=O)NCCNCC1CCCCCC1)CO2. The molecule has 2 aliphatic rings. The minimum absolute atomic E-state index is 0.0342. The average Bonchev–Trinajstić information content (AvgIpc) is 2.99. The number of nitrogens with zero attached hydrogens (tertiary/aromatic N) is 2. The highest BCUT2D eigenvalue weighted by Gasteiger charge is 2.23. The fraction of sp³-hybridized carbons (Fsp3) is 0.565. The molecule has 1 fully saturated rings. The Morgan fingerprint density at radius 2 is 2.07 bits per heavy atom. The van der Waals surface area contributed by atoms with Gasteiger partial charge in [0.25, 0.3) is 0 Å². The van der Waals surface area contributed by atoms with Gasteiger partial charge in [0.15, 0.2) is 0 Å². The lowest BCUT2D eigenvalue weighted by atomic mass is 10.0. The molecule has 0 unspecified atom stereocenters. The zero-order chi connectivity index (χ0) is 20.8. The number of benzene rings is 1. The molecule has 2 N–H and O–H groups in total. The number of hydrogen-bond donors (Lipinski definition) is 2. The molecule has 162 valence electrons. The van der Waals surface area contributed by atoms with E-state index in [0.29, 0.717) is 13.2 Å². The van der Waals surface area contributed by atoms with Crippen LogP contribution >= 0.6 is 0 Å². The number of carbonyl (C=O) groups excluding carboxylic acids is 1. The summed E-state index contributed by atoms with van der Waals surface area (Å²) in [6.07, 6.45) is 9.92. The lowest BCUT2D eigenvalue weighted by molar-refractivity contribution is -0.121. The normalized spacial score (nSPS) is 16.2. The van der Waals surface area contributed by atoms with E-state index >= 15 is 0 Å². The van der Waals surface area contributed by atoms with Crippen molar-refractivity contribution in [2.75, 3.05) is 26.7 Å². The van der Waals surface area contributed by atoms with Crippen LogP contribution in [-0.4, -0.2) is 42.4 Å². The van der Waals surface area contributed by atoms with Gasteiger partial charge in [-0.3, -0.25) is 9.48 Å². The van der Waals surface area contributed by atoms with Gasteiger partial charge in [0.1, 0.15) is 24.7 Å². The second-order valence-corrected chi connectivity index (χ2v) is 8.24. The summed E-state index contributed by atoms with van der Waals surface area (Å²) in [6, 6.07) is 5.70. The third kappa shape index (κ3) is 4.95. The molecule has 1 amide bonds. The quantitative estimate of drug-likeness (QED) is 0.515. The highest BCUT2D eigenvalue weighted by atomic mass is 16.5. The molecule has 0 saturated heterocycles. The van der Waals surface area contributed by atoms with Crippen molar-refractivity contribution < 1.29 is 14.3 Å². The lowest BCUT2D eigenvalue weighted by Gasteiger charge is -2.20. The van der Waals surface area contributed by atoms with Crippen LogP contribution in [0.1, 0.15) is 44.1 Å². The highest BCUT2D eigenvalue weighted by Crippen LogP contribution is 2.39. The number of aromatic nitrogens is 2. The van der Waals surface area contributed by atoms with Gasteiger partial charge in [0.05, 0.1) is 19.0 Å². The minimum atomic E-state index is -0.0342. The number of carbonyl (C=O) groups is 1. The van der Waals surface area contributed by atoms with Crippen molar-refractivity contribution >= 4 is 5.91 Å². The van der Waals surface area contributed by atoms with Crippen molar-refractivity contribution in [3.63, 3.8) is 0 Å². The Morgan fingerprint density at radius 3 is 2.87 bits per heavy atom. The summed E-state index contributed by atoms with van der Waals surface area (Å²) in [5.74, 6) is 2.29. The van der Waals surface area contributed by atoms with Crippen LogP contribution in [-0.2, 0) is 17.9 Å². The predicted molar refractivity (Wildman–Crippen MR) is 116 cm³/mol. The Balaban J connectivity index is 1.28. The summed E-state index contributed by atoms with van der Waals surface area (Å²) in [5.41, 5.74) is 2.82. The molecule has 0 spiro atoms. The van der Waals surface area contributed by atoms with Gasteiger partial charge < -0.3 is 20.1 Å². The molecule has 2 heterocycles. The fourth-order valence-electron chi connectivity index (χ4n) is 4.42. The Hall–Kier alpha value is -2.54. The monoisotopic (exact) mass is 412 g/mol. The van der Waals surface area contributed by atoms with E-state index in [1.165, 1.54) is 38.5 Å². The number of amides is 1. The molecule has 7 nitrogen and oxygen atoms in total. The number of ether oxygens (including phenoxy) is 2. The van der Waals surface area contributed by atoms with Crippen LogP contribution in [0.25, 0.3) is 11.3 Å². The number of fused-ring (bicyclic) bond motifs is 3. The second kappa shape index (κ2) is 9.98. The third-order valence-corrected chi connectivity index (χ3v) is 6.07. The van der Waals surface area contributed by atoms with Crippen LogP contribution in [0.3, 0.4) is 0 Å². The summed E-state index contributed by atoms with van der Waals surface area (Å²) < 4.78 is 12.9. The number of methoxy groups -OCH3 is 1. The van der Waals surface area contributed by atoms with Crippen molar-refractivity contribution in [2.45, 2.75) is 51.7 Å². The van der Waals surface area contributed by atoms with Crippen molar-refractivity contribution in [1.29, 1.82) is 0 Å². The standard InChI is InChI=1S/C23H32N4O3/c1-29-19-8-9-21-20(12-19)23-18(16-30-21)14-26-27(23)15-22(28)25-11-10-24-13-17-6-4-2-3-5-7-17/h8-9,12,14,17,24H,2-7,10-11,13,15-16H2,1H3,(H,25,28). The Bertz CT molecular complexity index is 856. The smallest absolute Gasteiger partial charge is 0.241 e. The van der Waals surface area contributed by atoms with E-state index < -0.39 is 0 Å². The molecule has 1 saturated carbocycles. The summed E-state index contributed by atoms with van der Waals surface area (Å²) >= 11 is 0.